The number of H-pyrrole nitrogens is 1. The van der Waals surface area contributed by atoms with E-state index in [1.807, 2.05) is 0 Å². The van der Waals surface area contributed by atoms with Crippen molar-refractivity contribution in [2.24, 2.45) is 0 Å². The number of aromatic amines is 1. The average Bonchev–Trinajstić information content (AvgIpc) is 2.63. The lowest BCUT2D eigenvalue weighted by atomic mass is 10.1. The fourth-order valence-electron chi connectivity index (χ4n) is 3.05. The monoisotopic (exact) mass is 349 g/mol. The van der Waals surface area contributed by atoms with Crippen LogP contribution in [0.15, 0.2) is 24.4 Å². The molecule has 0 unspecified atom stereocenters. The van der Waals surface area contributed by atoms with Crippen molar-refractivity contribution in [3.63, 3.8) is 0 Å². The lowest BCUT2D eigenvalue weighted by Crippen LogP contribution is -3.14. The second kappa shape index (κ2) is 8.22. The molecule has 1 aromatic heterocycles. The number of aromatic nitrogens is 1. The second-order valence-electron chi connectivity index (χ2n) is 6.03. The summed E-state index contributed by atoms with van der Waals surface area (Å²) >= 11 is 0. The summed E-state index contributed by atoms with van der Waals surface area (Å²) in [7, 11) is 0. The topological polar surface area (TPSA) is 66.1 Å². The van der Waals surface area contributed by atoms with E-state index in [0.717, 1.165) is 38.4 Å². The molecule has 25 heavy (non-hydrogen) atoms. The molecule has 0 atom stereocenters. The second-order valence-corrected chi connectivity index (χ2v) is 6.03. The van der Waals surface area contributed by atoms with Gasteiger partial charge in [-0.3, -0.25) is 0 Å². The van der Waals surface area contributed by atoms with Gasteiger partial charge < -0.3 is 19.7 Å². The Kier molecular flexibility index (Phi) is 5.78. The number of benzene rings is 1. The van der Waals surface area contributed by atoms with Crippen LogP contribution in [-0.4, -0.2) is 52.0 Å². The van der Waals surface area contributed by atoms with E-state index in [-0.39, 0.29) is 12.4 Å². The van der Waals surface area contributed by atoms with E-state index in [1.54, 1.807) is 19.2 Å². The molecule has 0 bridgehead atoms. The van der Waals surface area contributed by atoms with Crippen molar-refractivity contribution in [1.29, 1.82) is 0 Å². The van der Waals surface area contributed by atoms with Gasteiger partial charge in [-0.1, -0.05) is 0 Å². The standard InChI is InChI=1S/C18H22FN3O3/c1-2-25-18(23)15-12-21-16-4-3-13(19)11-14(16)17(15)20-5-6-22-7-9-24-10-8-22/h3-4,11-12H,2,5-10H2,1H3,(H,20,21)/p+2. The Balaban J connectivity index is 1.84. The Hall–Kier alpha value is -2.25. The number of anilines is 1. The van der Waals surface area contributed by atoms with Crippen molar-refractivity contribution in [2.45, 2.75) is 6.92 Å². The highest BCUT2D eigenvalue weighted by Gasteiger charge is 2.21. The number of hydrogen-bond donors (Lipinski definition) is 2. The van der Waals surface area contributed by atoms with Crippen LogP contribution in [0.5, 0.6) is 0 Å². The highest BCUT2D eigenvalue weighted by molar-refractivity contribution is 6.03. The van der Waals surface area contributed by atoms with E-state index in [0.29, 0.717) is 23.2 Å². The van der Waals surface area contributed by atoms with Crippen molar-refractivity contribution in [1.82, 2.24) is 0 Å². The molecule has 1 saturated heterocycles. The first-order valence-corrected chi connectivity index (χ1v) is 8.65. The van der Waals surface area contributed by atoms with E-state index in [1.165, 1.54) is 17.0 Å². The maximum atomic E-state index is 13.7. The molecule has 1 aliphatic rings. The molecule has 1 fully saturated rings. The smallest absolute Gasteiger partial charge is 0.346 e. The first kappa shape index (κ1) is 17.6. The summed E-state index contributed by atoms with van der Waals surface area (Å²) in [6, 6.07) is 4.49. The Morgan fingerprint density at radius 1 is 1.40 bits per heavy atom. The zero-order valence-corrected chi connectivity index (χ0v) is 14.4. The number of esters is 1. The lowest BCUT2D eigenvalue weighted by molar-refractivity contribution is -0.906. The quantitative estimate of drug-likeness (QED) is 0.736. The van der Waals surface area contributed by atoms with Crippen LogP contribution in [0.1, 0.15) is 17.3 Å². The predicted molar refractivity (Wildman–Crippen MR) is 91.3 cm³/mol. The van der Waals surface area contributed by atoms with Crippen LogP contribution < -0.4 is 15.2 Å². The molecule has 0 saturated carbocycles. The molecular weight excluding hydrogens is 325 g/mol. The summed E-state index contributed by atoms with van der Waals surface area (Å²) in [4.78, 5) is 16.8. The van der Waals surface area contributed by atoms with Crippen molar-refractivity contribution in [3.8, 4) is 0 Å². The van der Waals surface area contributed by atoms with Gasteiger partial charge in [0.05, 0.1) is 44.0 Å². The van der Waals surface area contributed by atoms with Crippen LogP contribution in [-0.2, 0) is 9.47 Å². The zero-order chi connectivity index (χ0) is 17.6. The Morgan fingerprint density at radius 3 is 2.96 bits per heavy atom. The normalized spacial score (nSPS) is 15.3. The minimum Gasteiger partial charge on any atom is -0.462 e. The first-order valence-electron chi connectivity index (χ1n) is 8.65. The molecule has 0 aliphatic carbocycles. The summed E-state index contributed by atoms with van der Waals surface area (Å²) in [5.41, 5.74) is 1.76. The fourth-order valence-corrected chi connectivity index (χ4v) is 3.05. The van der Waals surface area contributed by atoms with Crippen LogP contribution in [0, 0.1) is 5.82 Å². The third-order valence-corrected chi connectivity index (χ3v) is 4.37. The number of morpholine rings is 1. The van der Waals surface area contributed by atoms with Crippen LogP contribution in [0.2, 0.25) is 0 Å². The van der Waals surface area contributed by atoms with Gasteiger partial charge in [-0.25, -0.2) is 14.2 Å². The molecule has 3 N–H and O–H groups in total. The van der Waals surface area contributed by atoms with Crippen LogP contribution >= 0.6 is 0 Å². The number of rotatable bonds is 6. The number of fused-ring (bicyclic) bond motifs is 1. The van der Waals surface area contributed by atoms with Crippen molar-refractivity contribution < 1.29 is 28.5 Å². The summed E-state index contributed by atoms with van der Waals surface area (Å²) in [5, 5.41) is 3.96. The fraction of sp³-hybridized carbons (Fsp3) is 0.444. The van der Waals surface area contributed by atoms with Gasteiger partial charge in [0, 0.05) is 6.07 Å². The number of quaternary nitrogens is 1. The number of hydrogen-bond acceptors (Lipinski definition) is 4. The van der Waals surface area contributed by atoms with Crippen LogP contribution in [0.4, 0.5) is 10.1 Å². The number of halogens is 1. The van der Waals surface area contributed by atoms with Gasteiger partial charge in [-0.05, 0) is 19.1 Å². The van der Waals surface area contributed by atoms with Gasteiger partial charge >= 0.3 is 5.97 Å². The highest BCUT2D eigenvalue weighted by atomic mass is 19.1. The van der Waals surface area contributed by atoms with Crippen molar-refractivity contribution in [3.05, 3.63) is 35.8 Å². The zero-order valence-electron chi connectivity index (χ0n) is 14.4. The molecule has 0 amide bonds. The molecule has 6 nitrogen and oxygen atoms in total. The van der Waals surface area contributed by atoms with Crippen LogP contribution in [0.3, 0.4) is 0 Å². The van der Waals surface area contributed by atoms with E-state index in [4.69, 9.17) is 9.47 Å². The van der Waals surface area contributed by atoms with Crippen molar-refractivity contribution in [2.75, 3.05) is 51.3 Å². The van der Waals surface area contributed by atoms with E-state index in [9.17, 15) is 9.18 Å². The Labute approximate surface area is 145 Å². The molecular formula is C18H24FN3O3+2. The maximum Gasteiger partial charge on any atom is 0.346 e. The maximum absolute atomic E-state index is 13.7. The average molecular weight is 349 g/mol. The van der Waals surface area contributed by atoms with Gasteiger partial charge in [0.25, 0.3) is 0 Å². The van der Waals surface area contributed by atoms with Gasteiger partial charge in [-0.2, -0.15) is 0 Å². The third kappa shape index (κ3) is 4.24. The molecule has 7 heteroatoms. The van der Waals surface area contributed by atoms with E-state index < -0.39 is 5.97 Å². The molecule has 134 valence electrons. The number of carbonyl (C=O) groups excluding carboxylic acids is 1. The largest absolute Gasteiger partial charge is 0.462 e. The first-order chi connectivity index (χ1) is 12.2. The van der Waals surface area contributed by atoms with Crippen LogP contribution in [0.25, 0.3) is 10.9 Å². The van der Waals surface area contributed by atoms with Gasteiger partial charge in [0.2, 0.25) is 5.52 Å². The van der Waals surface area contributed by atoms with E-state index >= 15 is 0 Å². The van der Waals surface area contributed by atoms with Gasteiger partial charge in [0.15, 0.2) is 6.20 Å². The molecule has 1 aromatic carbocycles. The minimum atomic E-state index is -0.425. The van der Waals surface area contributed by atoms with E-state index in [2.05, 4.69) is 10.3 Å². The third-order valence-electron chi connectivity index (χ3n) is 4.37. The summed E-state index contributed by atoms with van der Waals surface area (Å²) in [6.45, 7) is 7.14. The molecule has 2 heterocycles. The Morgan fingerprint density at radius 2 is 2.20 bits per heavy atom. The Bertz CT molecular complexity index is 748. The molecule has 1 aliphatic heterocycles. The molecule has 2 aromatic rings. The molecule has 0 radical (unpaired) electrons. The number of carbonyl (C=O) groups is 1. The predicted octanol–water partition coefficient (Wildman–Crippen LogP) is 0.297. The summed E-state index contributed by atoms with van der Waals surface area (Å²) in [5.74, 6) is -0.769. The summed E-state index contributed by atoms with van der Waals surface area (Å²) in [6.07, 6.45) is 1.61. The van der Waals surface area contributed by atoms with Gasteiger partial charge in [-0.15, -0.1) is 0 Å². The summed E-state index contributed by atoms with van der Waals surface area (Å²) < 4.78 is 24.2. The SMILES string of the molecule is CCOC(=O)c1c[nH+]c2ccc(F)cc2c1NCC[NH+]1CCOCC1. The molecule has 3 rings (SSSR count). The number of pyridine rings is 1. The number of nitrogens with one attached hydrogen (secondary N) is 3. The highest BCUT2D eigenvalue weighted by Crippen LogP contribution is 2.25. The minimum absolute atomic E-state index is 0.289. The molecule has 0 spiro atoms. The van der Waals surface area contributed by atoms with Crippen molar-refractivity contribution >= 4 is 22.6 Å². The lowest BCUT2D eigenvalue weighted by Gasteiger charge is -2.24. The number of ether oxygens (including phenoxy) is 2. The van der Waals surface area contributed by atoms with Gasteiger partial charge in [0.1, 0.15) is 24.5 Å².